The maximum Gasteiger partial charge on any atom is 0.0470 e. The fraction of sp³-hybridized carbons (Fsp3) is 0.733. The summed E-state index contributed by atoms with van der Waals surface area (Å²) in [5.74, 6) is 1.85. The van der Waals surface area contributed by atoms with Crippen molar-refractivity contribution < 1.29 is 5.11 Å². The maximum absolute atomic E-state index is 9.58. The molecule has 0 aliphatic heterocycles. The van der Waals surface area contributed by atoms with Crippen LogP contribution in [-0.2, 0) is 0 Å². The number of fused-ring (bicyclic) bond motifs is 2. The van der Waals surface area contributed by atoms with E-state index >= 15 is 0 Å². The van der Waals surface area contributed by atoms with Crippen LogP contribution in [0.3, 0.4) is 0 Å². The summed E-state index contributed by atoms with van der Waals surface area (Å²) in [5, 5.41) is 9.58. The summed E-state index contributed by atoms with van der Waals surface area (Å²) >= 11 is 0. The first-order valence-electron chi connectivity index (χ1n) is 6.50. The van der Waals surface area contributed by atoms with Gasteiger partial charge in [0.05, 0.1) is 0 Å². The van der Waals surface area contributed by atoms with Crippen molar-refractivity contribution in [3.05, 3.63) is 23.8 Å². The summed E-state index contributed by atoms with van der Waals surface area (Å²) in [5.41, 5.74) is 1.74. The second-order valence-corrected chi connectivity index (χ2v) is 6.01. The van der Waals surface area contributed by atoms with E-state index in [1.54, 1.807) is 0 Å². The van der Waals surface area contributed by atoms with E-state index in [1.807, 2.05) is 0 Å². The van der Waals surface area contributed by atoms with Gasteiger partial charge in [0, 0.05) is 6.61 Å². The van der Waals surface area contributed by atoms with Gasteiger partial charge in [-0.05, 0) is 56.3 Å². The summed E-state index contributed by atoms with van der Waals surface area (Å²) in [6.07, 6.45) is 10.7. The van der Waals surface area contributed by atoms with Crippen molar-refractivity contribution in [2.24, 2.45) is 23.2 Å². The molecule has 0 amide bonds. The summed E-state index contributed by atoms with van der Waals surface area (Å²) in [6.45, 7) is 7.05. The van der Waals surface area contributed by atoms with Gasteiger partial charge >= 0.3 is 0 Å². The summed E-state index contributed by atoms with van der Waals surface area (Å²) in [7, 11) is 0. The zero-order valence-electron chi connectivity index (χ0n) is 10.7. The lowest BCUT2D eigenvalue weighted by Gasteiger charge is -2.38. The fourth-order valence-corrected chi connectivity index (χ4v) is 3.67. The van der Waals surface area contributed by atoms with Gasteiger partial charge in [-0.1, -0.05) is 30.7 Å². The average Bonchev–Trinajstić information content (AvgIpc) is 2.75. The highest BCUT2D eigenvalue weighted by Crippen LogP contribution is 2.57. The predicted octanol–water partition coefficient (Wildman–Crippen LogP) is 3.55. The number of rotatable bonds is 4. The van der Waals surface area contributed by atoms with Gasteiger partial charge in [-0.2, -0.15) is 0 Å². The van der Waals surface area contributed by atoms with Crippen LogP contribution in [0.4, 0.5) is 0 Å². The lowest BCUT2D eigenvalue weighted by atomic mass is 9.67. The summed E-state index contributed by atoms with van der Waals surface area (Å²) in [4.78, 5) is 0. The average molecular weight is 220 g/mol. The van der Waals surface area contributed by atoms with Gasteiger partial charge in [-0.15, -0.1) is 0 Å². The van der Waals surface area contributed by atoms with Gasteiger partial charge < -0.3 is 5.11 Å². The molecule has 16 heavy (non-hydrogen) atoms. The third kappa shape index (κ3) is 1.86. The second kappa shape index (κ2) is 4.37. The Morgan fingerprint density at radius 3 is 2.81 bits per heavy atom. The minimum atomic E-state index is 0.333. The van der Waals surface area contributed by atoms with Crippen LogP contribution in [0.25, 0.3) is 0 Å². The lowest BCUT2D eigenvalue weighted by molar-refractivity contribution is 0.0840. The van der Waals surface area contributed by atoms with Gasteiger partial charge in [-0.25, -0.2) is 0 Å². The summed E-state index contributed by atoms with van der Waals surface area (Å²) in [6, 6.07) is 0. The Bertz CT molecular complexity index is 311. The van der Waals surface area contributed by atoms with Crippen molar-refractivity contribution in [2.45, 2.75) is 40.0 Å². The molecule has 2 aliphatic rings. The smallest absolute Gasteiger partial charge is 0.0470 e. The molecule has 4 atom stereocenters. The highest BCUT2D eigenvalue weighted by atomic mass is 16.3. The SMILES string of the molecule is CC(C)=CCCC1(C)C2C=CC(C2)C1CO. The van der Waals surface area contributed by atoms with Crippen LogP contribution in [0, 0.1) is 23.2 Å². The van der Waals surface area contributed by atoms with Gasteiger partial charge in [0.2, 0.25) is 0 Å². The Morgan fingerprint density at radius 2 is 2.19 bits per heavy atom. The van der Waals surface area contributed by atoms with Crippen LogP contribution in [0.2, 0.25) is 0 Å². The lowest BCUT2D eigenvalue weighted by Crippen LogP contribution is -2.33. The Kier molecular flexibility index (Phi) is 3.25. The van der Waals surface area contributed by atoms with Gasteiger partial charge in [-0.3, -0.25) is 0 Å². The van der Waals surface area contributed by atoms with Crippen LogP contribution < -0.4 is 0 Å². The van der Waals surface area contributed by atoms with Crippen LogP contribution >= 0.6 is 0 Å². The predicted molar refractivity (Wildman–Crippen MR) is 68.1 cm³/mol. The van der Waals surface area contributed by atoms with E-state index in [1.165, 1.54) is 18.4 Å². The van der Waals surface area contributed by atoms with Crippen molar-refractivity contribution in [2.75, 3.05) is 6.61 Å². The van der Waals surface area contributed by atoms with Gasteiger partial charge in [0.25, 0.3) is 0 Å². The molecule has 0 aromatic rings. The third-order valence-electron chi connectivity index (χ3n) is 4.76. The largest absolute Gasteiger partial charge is 0.396 e. The Labute approximate surface area is 99.3 Å². The molecule has 1 saturated carbocycles. The van der Waals surface area contributed by atoms with E-state index in [0.29, 0.717) is 29.8 Å². The molecule has 0 aromatic heterocycles. The fourth-order valence-electron chi connectivity index (χ4n) is 3.67. The van der Waals surface area contributed by atoms with E-state index in [4.69, 9.17) is 0 Å². The quantitative estimate of drug-likeness (QED) is 0.718. The minimum Gasteiger partial charge on any atom is -0.396 e. The molecule has 90 valence electrons. The highest BCUT2D eigenvalue weighted by molar-refractivity contribution is 5.18. The monoisotopic (exact) mass is 220 g/mol. The molecule has 0 aromatic carbocycles. The number of aliphatic hydroxyl groups is 1. The van der Waals surface area contributed by atoms with E-state index in [9.17, 15) is 5.11 Å². The van der Waals surface area contributed by atoms with Crippen molar-refractivity contribution in [1.29, 1.82) is 0 Å². The molecule has 0 heterocycles. The van der Waals surface area contributed by atoms with Crippen molar-refractivity contribution >= 4 is 0 Å². The Hall–Kier alpha value is -0.560. The van der Waals surface area contributed by atoms with E-state index in [0.717, 1.165) is 6.42 Å². The van der Waals surface area contributed by atoms with Crippen molar-refractivity contribution in [1.82, 2.24) is 0 Å². The zero-order chi connectivity index (χ0) is 11.8. The second-order valence-electron chi connectivity index (χ2n) is 6.01. The molecular weight excluding hydrogens is 196 g/mol. The van der Waals surface area contributed by atoms with Crippen LogP contribution in [0.1, 0.15) is 40.0 Å². The standard InChI is InChI=1S/C15H24O/c1-11(2)5-4-8-15(3)13-7-6-12(9-13)14(15)10-16/h5-7,12-14,16H,4,8-10H2,1-3H3. The maximum atomic E-state index is 9.58. The molecule has 1 nitrogen and oxygen atoms in total. The highest BCUT2D eigenvalue weighted by Gasteiger charge is 2.51. The van der Waals surface area contributed by atoms with Crippen molar-refractivity contribution in [3.63, 3.8) is 0 Å². The van der Waals surface area contributed by atoms with Crippen molar-refractivity contribution in [3.8, 4) is 0 Å². The van der Waals surface area contributed by atoms with E-state index in [-0.39, 0.29) is 0 Å². The van der Waals surface area contributed by atoms with E-state index < -0.39 is 0 Å². The Balaban J connectivity index is 2.05. The minimum absolute atomic E-state index is 0.333. The first-order chi connectivity index (χ1) is 7.58. The summed E-state index contributed by atoms with van der Waals surface area (Å²) < 4.78 is 0. The molecule has 1 fully saturated rings. The first kappa shape index (κ1) is 11.9. The Morgan fingerprint density at radius 1 is 1.44 bits per heavy atom. The topological polar surface area (TPSA) is 20.2 Å². The van der Waals surface area contributed by atoms with Crippen LogP contribution in [0.5, 0.6) is 0 Å². The number of allylic oxidation sites excluding steroid dienone is 4. The first-order valence-corrected chi connectivity index (χ1v) is 6.50. The van der Waals surface area contributed by atoms with E-state index in [2.05, 4.69) is 39.0 Å². The third-order valence-corrected chi connectivity index (χ3v) is 4.76. The molecule has 1 N–H and O–H groups in total. The molecule has 4 unspecified atom stereocenters. The van der Waals surface area contributed by atoms with Crippen LogP contribution in [0.15, 0.2) is 23.8 Å². The molecule has 1 heteroatoms. The van der Waals surface area contributed by atoms with Gasteiger partial charge in [0.15, 0.2) is 0 Å². The van der Waals surface area contributed by atoms with Crippen LogP contribution in [-0.4, -0.2) is 11.7 Å². The molecule has 0 saturated heterocycles. The normalized spacial score (nSPS) is 40.4. The molecule has 0 spiro atoms. The van der Waals surface area contributed by atoms with Gasteiger partial charge in [0.1, 0.15) is 0 Å². The number of aliphatic hydroxyl groups excluding tert-OH is 1. The molecular formula is C15H24O. The number of hydrogen-bond acceptors (Lipinski definition) is 1. The molecule has 2 bridgehead atoms. The number of hydrogen-bond donors (Lipinski definition) is 1. The zero-order valence-corrected chi connectivity index (χ0v) is 10.7. The molecule has 2 rings (SSSR count). The molecule has 0 radical (unpaired) electrons. The molecule has 2 aliphatic carbocycles.